The van der Waals surface area contributed by atoms with Crippen LogP contribution in [0.4, 0.5) is 5.69 Å². The van der Waals surface area contributed by atoms with E-state index >= 15 is 0 Å². The number of amides is 1. The molecule has 4 rings (SSSR count). The van der Waals surface area contributed by atoms with E-state index in [2.05, 4.69) is 18.8 Å². The van der Waals surface area contributed by atoms with Gasteiger partial charge in [-0.3, -0.25) is 14.7 Å². The summed E-state index contributed by atoms with van der Waals surface area (Å²) in [5, 5.41) is 6.11. The monoisotopic (exact) mass is 452 g/mol. The first kappa shape index (κ1) is 21.7. The van der Waals surface area contributed by atoms with Crippen molar-refractivity contribution in [2.24, 2.45) is 4.99 Å². The highest BCUT2D eigenvalue weighted by molar-refractivity contribution is 8.14. The number of para-hydroxylation sites is 1. The second kappa shape index (κ2) is 9.28. The quantitative estimate of drug-likeness (QED) is 0.506. The summed E-state index contributed by atoms with van der Waals surface area (Å²) in [5.74, 6) is 0.906. The molecule has 0 bridgehead atoms. The molecular weight excluding hydrogens is 428 g/mol. The van der Waals surface area contributed by atoms with E-state index in [1.54, 1.807) is 28.8 Å². The molecule has 0 aliphatic carbocycles. The number of hydrogen-bond donors (Lipinski definition) is 0. The lowest BCUT2D eigenvalue weighted by Gasteiger charge is -2.22. The maximum atomic E-state index is 13.4. The molecule has 0 fully saturated rings. The summed E-state index contributed by atoms with van der Waals surface area (Å²) < 4.78 is 1.95. The molecule has 1 aliphatic heterocycles. The van der Waals surface area contributed by atoms with Gasteiger partial charge in [0, 0.05) is 22.9 Å². The first-order valence-electron chi connectivity index (χ1n) is 10.3. The van der Waals surface area contributed by atoms with Gasteiger partial charge in [0.15, 0.2) is 5.17 Å². The van der Waals surface area contributed by atoms with Crippen molar-refractivity contribution >= 4 is 40.1 Å². The average Bonchev–Trinajstić information content (AvgIpc) is 3.31. The molecule has 7 heteroatoms. The number of aliphatic imine (C=N–C) groups is 1. The van der Waals surface area contributed by atoms with Gasteiger partial charge < -0.3 is 0 Å². The molecule has 3 aromatic rings. The summed E-state index contributed by atoms with van der Waals surface area (Å²) in [7, 11) is 0. The van der Waals surface area contributed by atoms with Crippen LogP contribution in [-0.4, -0.2) is 32.7 Å². The van der Waals surface area contributed by atoms with E-state index in [-0.39, 0.29) is 11.9 Å². The Morgan fingerprint density at radius 3 is 2.52 bits per heavy atom. The highest BCUT2D eigenvalue weighted by atomic mass is 35.5. The van der Waals surface area contributed by atoms with E-state index < -0.39 is 0 Å². The van der Waals surface area contributed by atoms with Gasteiger partial charge in [-0.25, -0.2) is 4.68 Å². The molecule has 1 aromatic heterocycles. The third-order valence-corrected chi connectivity index (χ3v) is 6.79. The molecule has 160 valence electrons. The van der Waals surface area contributed by atoms with Crippen molar-refractivity contribution in [2.45, 2.75) is 39.7 Å². The Bertz CT molecular complexity index is 1110. The van der Waals surface area contributed by atoms with Crippen LogP contribution in [0.2, 0.25) is 5.02 Å². The third kappa shape index (κ3) is 4.70. The normalized spacial score (nSPS) is 15.7. The van der Waals surface area contributed by atoms with Crippen LogP contribution in [0.1, 0.15) is 30.3 Å². The van der Waals surface area contributed by atoms with E-state index in [4.69, 9.17) is 16.7 Å². The van der Waals surface area contributed by atoms with Crippen molar-refractivity contribution in [1.82, 2.24) is 9.78 Å². The maximum absolute atomic E-state index is 13.4. The lowest BCUT2D eigenvalue weighted by molar-refractivity contribution is -0.117. The van der Waals surface area contributed by atoms with Crippen molar-refractivity contribution in [3.63, 3.8) is 0 Å². The minimum atomic E-state index is 0.0222. The molecule has 0 N–H and O–H groups in total. The van der Waals surface area contributed by atoms with Crippen LogP contribution in [0.25, 0.3) is 5.69 Å². The highest BCUT2D eigenvalue weighted by Crippen LogP contribution is 2.28. The van der Waals surface area contributed by atoms with Gasteiger partial charge in [0.2, 0.25) is 5.91 Å². The zero-order chi connectivity index (χ0) is 22.0. The number of carbonyl (C=O) groups excluding carboxylic acids is 1. The van der Waals surface area contributed by atoms with E-state index in [0.717, 1.165) is 39.2 Å². The second-order valence-electron chi connectivity index (χ2n) is 7.67. The largest absolute Gasteiger partial charge is 0.274 e. The van der Waals surface area contributed by atoms with Crippen molar-refractivity contribution in [2.75, 3.05) is 10.7 Å². The predicted octanol–water partition coefficient (Wildman–Crippen LogP) is 5.60. The summed E-state index contributed by atoms with van der Waals surface area (Å²) in [6, 6.07) is 17.6. The Labute approximate surface area is 192 Å². The first-order chi connectivity index (χ1) is 14.9. The number of nitrogens with zero attached hydrogens (tertiary/aromatic N) is 4. The summed E-state index contributed by atoms with van der Waals surface area (Å²) in [6.45, 7) is 6.12. The Balaban J connectivity index is 1.57. The number of hydrogen-bond acceptors (Lipinski definition) is 4. The molecule has 1 aliphatic rings. The van der Waals surface area contributed by atoms with Crippen LogP contribution < -0.4 is 4.90 Å². The fourth-order valence-corrected chi connectivity index (χ4v) is 4.91. The Kier molecular flexibility index (Phi) is 6.49. The number of halogens is 1. The number of rotatable bonds is 5. The van der Waals surface area contributed by atoms with E-state index in [9.17, 15) is 4.79 Å². The van der Waals surface area contributed by atoms with Gasteiger partial charge in [0.1, 0.15) is 0 Å². The number of aromatic nitrogens is 2. The summed E-state index contributed by atoms with van der Waals surface area (Å²) >= 11 is 7.68. The van der Waals surface area contributed by atoms with Crippen molar-refractivity contribution in [3.05, 3.63) is 76.6 Å². The molecule has 0 spiro atoms. The van der Waals surface area contributed by atoms with Crippen LogP contribution in [0, 0.1) is 13.8 Å². The van der Waals surface area contributed by atoms with Gasteiger partial charge in [-0.15, -0.1) is 0 Å². The van der Waals surface area contributed by atoms with Crippen LogP contribution in [0.3, 0.4) is 0 Å². The van der Waals surface area contributed by atoms with E-state index in [1.165, 1.54) is 0 Å². The van der Waals surface area contributed by atoms with Gasteiger partial charge in [-0.05, 0) is 69.2 Å². The van der Waals surface area contributed by atoms with Crippen LogP contribution in [0.15, 0.2) is 59.6 Å². The minimum Gasteiger partial charge on any atom is -0.274 e. The molecule has 1 amide bonds. The SMILES string of the molecule is Cc1nn(-c2ccccc2)c(C)c1CCC(=O)N(C1=N[C@@H](C)CS1)c1ccc(Cl)cc1. The van der Waals surface area contributed by atoms with Gasteiger partial charge in [-0.2, -0.15) is 5.10 Å². The molecule has 2 aromatic carbocycles. The maximum Gasteiger partial charge on any atom is 0.233 e. The first-order valence-corrected chi connectivity index (χ1v) is 11.7. The molecule has 2 heterocycles. The fraction of sp³-hybridized carbons (Fsp3) is 0.292. The van der Waals surface area contributed by atoms with Gasteiger partial charge in [-0.1, -0.05) is 41.6 Å². The second-order valence-corrected chi connectivity index (χ2v) is 9.10. The summed E-state index contributed by atoms with van der Waals surface area (Å²) in [6.07, 6.45) is 1.000. The molecular formula is C24H25ClN4OS. The average molecular weight is 453 g/mol. The van der Waals surface area contributed by atoms with Crippen molar-refractivity contribution < 1.29 is 4.79 Å². The van der Waals surface area contributed by atoms with Crippen LogP contribution in [-0.2, 0) is 11.2 Å². The van der Waals surface area contributed by atoms with Crippen molar-refractivity contribution in [3.8, 4) is 5.69 Å². The zero-order valence-electron chi connectivity index (χ0n) is 17.9. The summed E-state index contributed by atoms with van der Waals surface area (Å²) in [5.41, 5.74) is 4.95. The Morgan fingerprint density at radius 2 is 1.87 bits per heavy atom. The van der Waals surface area contributed by atoms with Gasteiger partial charge in [0.25, 0.3) is 0 Å². The van der Waals surface area contributed by atoms with Gasteiger partial charge >= 0.3 is 0 Å². The highest BCUT2D eigenvalue weighted by Gasteiger charge is 2.27. The Hall–Kier alpha value is -2.57. The fourth-order valence-electron chi connectivity index (χ4n) is 3.73. The number of carbonyl (C=O) groups is 1. The molecule has 1 atom stereocenters. The molecule has 0 saturated carbocycles. The van der Waals surface area contributed by atoms with Crippen LogP contribution in [0.5, 0.6) is 0 Å². The summed E-state index contributed by atoms with van der Waals surface area (Å²) in [4.78, 5) is 19.8. The lowest BCUT2D eigenvalue weighted by Crippen LogP contribution is -2.34. The molecule has 0 unspecified atom stereocenters. The van der Waals surface area contributed by atoms with E-state index in [0.29, 0.717) is 17.9 Å². The Morgan fingerprint density at radius 1 is 1.16 bits per heavy atom. The lowest BCUT2D eigenvalue weighted by atomic mass is 10.1. The number of benzene rings is 2. The topological polar surface area (TPSA) is 50.5 Å². The van der Waals surface area contributed by atoms with Gasteiger partial charge in [0.05, 0.1) is 23.1 Å². The molecule has 31 heavy (non-hydrogen) atoms. The standard InChI is InChI=1S/C24H25ClN4OS/c1-16-15-31-24(26-16)28(20-11-9-19(25)10-12-20)23(30)14-13-22-17(2)27-29(18(22)3)21-7-5-4-6-8-21/h4-12,16H,13-15H2,1-3H3/t16-/m0/s1. The zero-order valence-corrected chi connectivity index (χ0v) is 19.5. The number of aryl methyl sites for hydroxylation is 1. The van der Waals surface area contributed by atoms with Crippen molar-refractivity contribution in [1.29, 1.82) is 0 Å². The smallest absolute Gasteiger partial charge is 0.233 e. The minimum absolute atomic E-state index is 0.0222. The molecule has 0 saturated heterocycles. The number of amidine groups is 1. The number of thioether (sulfide) groups is 1. The number of anilines is 1. The molecule has 5 nitrogen and oxygen atoms in total. The third-order valence-electron chi connectivity index (χ3n) is 5.34. The molecule has 0 radical (unpaired) electrons. The van der Waals surface area contributed by atoms with Crippen LogP contribution >= 0.6 is 23.4 Å². The van der Waals surface area contributed by atoms with E-state index in [1.807, 2.05) is 54.1 Å². The predicted molar refractivity (Wildman–Crippen MR) is 130 cm³/mol.